The van der Waals surface area contributed by atoms with E-state index < -0.39 is 10.0 Å². The summed E-state index contributed by atoms with van der Waals surface area (Å²) in [5.41, 5.74) is 1.21. The lowest BCUT2D eigenvalue weighted by molar-refractivity contribution is -0.00244. The van der Waals surface area contributed by atoms with Crippen LogP contribution in [0.1, 0.15) is 0 Å². The van der Waals surface area contributed by atoms with Gasteiger partial charge in [-0.3, -0.25) is 5.21 Å². The number of hydroxylamine groups is 2. The molecule has 0 bridgehead atoms. The molecule has 1 fully saturated rings. The van der Waals surface area contributed by atoms with E-state index in [1.807, 2.05) is 0 Å². The van der Waals surface area contributed by atoms with Crippen LogP contribution in [-0.4, -0.2) is 49.9 Å². The first-order chi connectivity index (χ1) is 12.1. The second-order valence-electron chi connectivity index (χ2n) is 5.37. The number of sulfonamides is 1. The molecule has 2 aliphatic heterocycles. The molecule has 1 N–H and O–H groups in total. The maximum atomic E-state index is 12.0. The number of hydrogen-bond donors (Lipinski definition) is 1. The summed E-state index contributed by atoms with van der Waals surface area (Å²) in [7, 11) is -3.86. The van der Waals surface area contributed by atoms with Crippen LogP contribution in [0.3, 0.4) is 0 Å². The molecule has 132 valence electrons. The molecule has 0 atom stereocenters. The van der Waals surface area contributed by atoms with Crippen LogP contribution >= 0.6 is 0 Å². The van der Waals surface area contributed by atoms with Crippen LogP contribution in [0, 0.1) is 0 Å². The Morgan fingerprint density at radius 1 is 1.16 bits per heavy atom. The van der Waals surface area contributed by atoms with Gasteiger partial charge in [-0.15, -0.1) is 5.11 Å². The number of allylic oxidation sites excluding steroid dienone is 2. The summed E-state index contributed by atoms with van der Waals surface area (Å²) in [5, 5.41) is 14.4. The van der Waals surface area contributed by atoms with Crippen molar-refractivity contribution in [1.82, 2.24) is 9.96 Å². The molecule has 1 aromatic rings. The first kappa shape index (κ1) is 17.3. The highest BCUT2D eigenvalue weighted by Gasteiger charge is 2.17. The van der Waals surface area contributed by atoms with Gasteiger partial charge in [0, 0.05) is 25.0 Å². The van der Waals surface area contributed by atoms with E-state index in [-0.39, 0.29) is 4.90 Å². The Morgan fingerprint density at radius 2 is 1.88 bits per heavy atom. The quantitative estimate of drug-likeness (QED) is 0.824. The number of benzene rings is 1. The third kappa shape index (κ3) is 4.32. The molecule has 3 rings (SSSR count). The predicted molar refractivity (Wildman–Crippen MR) is 89.8 cm³/mol. The molecule has 1 saturated heterocycles. The first-order valence-corrected chi connectivity index (χ1v) is 9.13. The molecule has 2 heterocycles. The minimum absolute atomic E-state index is 0.0612. The summed E-state index contributed by atoms with van der Waals surface area (Å²) in [6, 6.07) is 7.83. The van der Waals surface area contributed by atoms with Crippen LogP contribution in [-0.2, 0) is 14.8 Å². The number of hydrogen-bond acceptors (Lipinski definition) is 7. The van der Waals surface area contributed by atoms with E-state index in [4.69, 9.17) is 4.74 Å². The van der Waals surface area contributed by atoms with Crippen molar-refractivity contribution < 1.29 is 18.4 Å². The molecular weight excluding hydrogens is 344 g/mol. The van der Waals surface area contributed by atoms with Crippen LogP contribution in [0.5, 0.6) is 0 Å². The largest absolute Gasteiger partial charge is 0.378 e. The van der Waals surface area contributed by atoms with Gasteiger partial charge in [0.2, 0.25) is 0 Å². The Balaban J connectivity index is 1.77. The number of rotatable bonds is 4. The van der Waals surface area contributed by atoms with Crippen molar-refractivity contribution in [1.29, 1.82) is 0 Å². The molecule has 1 aromatic carbocycles. The van der Waals surface area contributed by atoms with Crippen LogP contribution < -0.4 is 0 Å². The summed E-state index contributed by atoms with van der Waals surface area (Å²) in [5.74, 6) is 0. The molecule has 0 aliphatic carbocycles. The van der Waals surface area contributed by atoms with Crippen molar-refractivity contribution >= 4 is 10.0 Å². The first-order valence-electron chi connectivity index (χ1n) is 7.69. The maximum Gasteiger partial charge on any atom is 0.299 e. The predicted octanol–water partition coefficient (Wildman–Crippen LogP) is 2.10. The molecule has 0 radical (unpaired) electrons. The van der Waals surface area contributed by atoms with Crippen molar-refractivity contribution in [3.05, 3.63) is 66.3 Å². The van der Waals surface area contributed by atoms with Crippen molar-refractivity contribution in [2.75, 3.05) is 26.3 Å². The second-order valence-corrected chi connectivity index (χ2v) is 6.95. The number of nitrogens with zero attached hydrogens (tertiary/aromatic N) is 4. The zero-order chi connectivity index (χ0) is 17.7. The zero-order valence-electron chi connectivity index (χ0n) is 13.4. The second kappa shape index (κ2) is 7.60. The fourth-order valence-corrected chi connectivity index (χ4v) is 3.16. The van der Waals surface area contributed by atoms with Crippen LogP contribution in [0.15, 0.2) is 80.8 Å². The number of ether oxygens (including phenoxy) is 1. The lowest BCUT2D eigenvalue weighted by Gasteiger charge is -2.31. The Hall–Kier alpha value is -2.49. The third-order valence-corrected chi connectivity index (χ3v) is 4.89. The van der Waals surface area contributed by atoms with Crippen molar-refractivity contribution in [2.24, 2.45) is 9.63 Å². The maximum absolute atomic E-state index is 12.0. The Kier molecular flexibility index (Phi) is 5.27. The van der Waals surface area contributed by atoms with Crippen LogP contribution in [0.2, 0.25) is 0 Å². The topological polar surface area (TPSA) is 94.8 Å². The van der Waals surface area contributed by atoms with E-state index in [2.05, 4.69) is 14.5 Å². The van der Waals surface area contributed by atoms with Crippen LogP contribution in [0.25, 0.3) is 0 Å². The van der Waals surface area contributed by atoms with E-state index in [1.54, 1.807) is 30.4 Å². The lowest BCUT2D eigenvalue weighted by atomic mass is 10.2. The fraction of sp³-hybridized carbons (Fsp3) is 0.250. The van der Waals surface area contributed by atoms with Gasteiger partial charge < -0.3 is 9.64 Å². The van der Waals surface area contributed by atoms with E-state index >= 15 is 0 Å². The average Bonchev–Trinajstić information content (AvgIpc) is 2.64. The molecule has 8 nitrogen and oxygen atoms in total. The highest BCUT2D eigenvalue weighted by molar-refractivity contribution is 7.90. The normalized spacial score (nSPS) is 20.4. The highest BCUT2D eigenvalue weighted by atomic mass is 32.2. The van der Waals surface area contributed by atoms with Gasteiger partial charge in [0.05, 0.1) is 30.0 Å². The summed E-state index contributed by atoms with van der Waals surface area (Å²) in [6.45, 7) is 2.78. The average molecular weight is 362 g/mol. The van der Waals surface area contributed by atoms with Gasteiger partial charge in [-0.25, -0.2) is 5.06 Å². The minimum atomic E-state index is -3.86. The van der Waals surface area contributed by atoms with Crippen molar-refractivity contribution in [2.45, 2.75) is 4.90 Å². The molecule has 0 unspecified atom stereocenters. The monoisotopic (exact) mass is 362 g/mol. The molecule has 0 amide bonds. The van der Waals surface area contributed by atoms with Crippen molar-refractivity contribution in [3.8, 4) is 0 Å². The molecule has 0 aromatic heterocycles. The van der Waals surface area contributed by atoms with E-state index in [1.165, 1.54) is 24.5 Å². The summed E-state index contributed by atoms with van der Waals surface area (Å²) < 4.78 is 32.8. The molecule has 25 heavy (non-hydrogen) atoms. The molecular formula is C16H18N4O4S. The molecule has 9 heteroatoms. The fourth-order valence-electron chi connectivity index (χ4n) is 2.40. The highest BCUT2D eigenvalue weighted by Crippen LogP contribution is 2.20. The third-order valence-electron chi connectivity index (χ3n) is 3.71. The Labute approximate surface area is 146 Å². The summed E-state index contributed by atoms with van der Waals surface area (Å²) >= 11 is 0. The SMILES string of the molecule is O=S(=O)(N=NC=C1C=C(N2CCOCC2)C=CN1O)c1ccccc1. The van der Waals surface area contributed by atoms with Gasteiger partial charge in [-0.2, -0.15) is 8.42 Å². The van der Waals surface area contributed by atoms with Gasteiger partial charge in [-0.05, 0) is 24.3 Å². The lowest BCUT2D eigenvalue weighted by Crippen LogP contribution is -2.36. The smallest absolute Gasteiger partial charge is 0.299 e. The standard InChI is InChI=1S/C16H18N4O4S/c21-20-7-6-14(19-8-10-24-11-9-19)12-15(20)13-17-18-25(22,23)16-4-2-1-3-5-16/h1-7,12-13,21H,8-11H2. The Morgan fingerprint density at radius 3 is 2.60 bits per heavy atom. The molecule has 0 spiro atoms. The minimum Gasteiger partial charge on any atom is -0.378 e. The summed E-state index contributed by atoms with van der Waals surface area (Å²) in [6.07, 6.45) is 6.14. The van der Waals surface area contributed by atoms with Gasteiger partial charge in [0.25, 0.3) is 10.0 Å². The van der Waals surface area contributed by atoms with Gasteiger partial charge in [0.1, 0.15) is 0 Å². The van der Waals surface area contributed by atoms with Gasteiger partial charge in [0.15, 0.2) is 0 Å². The van der Waals surface area contributed by atoms with E-state index in [0.717, 1.165) is 23.8 Å². The van der Waals surface area contributed by atoms with E-state index in [9.17, 15) is 13.6 Å². The van der Waals surface area contributed by atoms with Crippen LogP contribution in [0.4, 0.5) is 0 Å². The summed E-state index contributed by atoms with van der Waals surface area (Å²) in [4.78, 5) is 2.17. The molecule has 0 saturated carbocycles. The van der Waals surface area contributed by atoms with Gasteiger partial charge >= 0.3 is 0 Å². The number of morpholine rings is 1. The van der Waals surface area contributed by atoms with Gasteiger partial charge in [-0.1, -0.05) is 22.7 Å². The zero-order valence-corrected chi connectivity index (χ0v) is 14.2. The molecule has 2 aliphatic rings. The van der Waals surface area contributed by atoms with Crippen molar-refractivity contribution in [3.63, 3.8) is 0 Å². The Bertz CT molecular complexity index is 825. The van der Waals surface area contributed by atoms with E-state index in [0.29, 0.717) is 18.9 Å².